The first kappa shape index (κ1) is 16.8. The van der Waals surface area contributed by atoms with Crippen molar-refractivity contribution in [3.63, 3.8) is 0 Å². The van der Waals surface area contributed by atoms with Gasteiger partial charge in [0.25, 0.3) is 0 Å². The summed E-state index contributed by atoms with van der Waals surface area (Å²) in [6, 6.07) is 0. The van der Waals surface area contributed by atoms with Crippen LogP contribution >= 0.6 is 0 Å². The summed E-state index contributed by atoms with van der Waals surface area (Å²) < 4.78 is 0. The van der Waals surface area contributed by atoms with Crippen LogP contribution in [0, 0.1) is 0 Å². The van der Waals surface area contributed by atoms with Gasteiger partial charge in [0.05, 0.1) is 0 Å². The molecule has 0 heterocycles. The molecule has 0 unspecified atom stereocenters. The quantitative estimate of drug-likeness (QED) is 0.666. The minimum absolute atomic E-state index is 0.327. The number of rotatable bonds is 7. The molecule has 15 heavy (non-hydrogen) atoms. The SMILES string of the molecule is CCCCCC(=O)O.CCCCN(C)C. The molecule has 0 fully saturated rings. The molecule has 0 atom stereocenters. The zero-order valence-electron chi connectivity index (χ0n) is 10.8. The van der Waals surface area contributed by atoms with E-state index in [-0.39, 0.29) is 0 Å². The van der Waals surface area contributed by atoms with Crippen LogP contribution in [0.15, 0.2) is 0 Å². The molecule has 0 aliphatic carbocycles. The molecule has 0 radical (unpaired) electrons. The van der Waals surface area contributed by atoms with E-state index in [4.69, 9.17) is 5.11 Å². The highest BCUT2D eigenvalue weighted by Gasteiger charge is 1.92. The van der Waals surface area contributed by atoms with Gasteiger partial charge in [-0.05, 0) is 33.5 Å². The normalized spacial score (nSPS) is 9.67. The predicted octanol–water partition coefficient (Wildman–Crippen LogP) is 3.00. The van der Waals surface area contributed by atoms with Crippen molar-refractivity contribution in [2.24, 2.45) is 0 Å². The first-order chi connectivity index (χ1) is 7.04. The number of nitrogens with zero attached hydrogens (tertiary/aromatic N) is 1. The molecule has 0 aliphatic rings. The van der Waals surface area contributed by atoms with Crippen LogP contribution in [0.3, 0.4) is 0 Å². The molecule has 3 heteroatoms. The molecule has 0 aromatic heterocycles. The Balaban J connectivity index is 0. The van der Waals surface area contributed by atoms with Gasteiger partial charge in [0.15, 0.2) is 0 Å². The van der Waals surface area contributed by atoms with E-state index in [1.165, 1.54) is 19.4 Å². The van der Waals surface area contributed by atoms with Crippen molar-refractivity contribution in [1.82, 2.24) is 4.90 Å². The van der Waals surface area contributed by atoms with Crippen molar-refractivity contribution in [3.05, 3.63) is 0 Å². The van der Waals surface area contributed by atoms with E-state index in [9.17, 15) is 4.79 Å². The summed E-state index contributed by atoms with van der Waals surface area (Å²) >= 11 is 0. The molecule has 0 saturated carbocycles. The van der Waals surface area contributed by atoms with Crippen molar-refractivity contribution in [2.75, 3.05) is 20.6 Å². The third kappa shape index (κ3) is 24.7. The summed E-state index contributed by atoms with van der Waals surface area (Å²) in [5.74, 6) is -0.682. The highest BCUT2D eigenvalue weighted by Crippen LogP contribution is 1.97. The number of unbranched alkanes of at least 4 members (excludes halogenated alkanes) is 3. The minimum atomic E-state index is -0.682. The molecule has 0 spiro atoms. The third-order valence-corrected chi connectivity index (χ3v) is 1.95. The van der Waals surface area contributed by atoms with Crippen molar-refractivity contribution < 1.29 is 9.90 Å². The first-order valence-electron chi connectivity index (χ1n) is 5.91. The van der Waals surface area contributed by atoms with Gasteiger partial charge in [-0.1, -0.05) is 33.1 Å². The summed E-state index contributed by atoms with van der Waals surface area (Å²) in [6.45, 7) is 5.50. The second-order valence-corrected chi connectivity index (χ2v) is 4.01. The number of carboxylic acids is 1. The van der Waals surface area contributed by atoms with Crippen molar-refractivity contribution in [3.8, 4) is 0 Å². The van der Waals surface area contributed by atoms with Crippen LogP contribution in [0.1, 0.15) is 52.4 Å². The fourth-order valence-corrected chi connectivity index (χ4v) is 1.00. The van der Waals surface area contributed by atoms with Gasteiger partial charge >= 0.3 is 5.97 Å². The standard InChI is InChI=1S/C6H15N.C6H12O2/c1-4-5-6-7(2)3;1-2-3-4-5-6(7)8/h4-6H2,1-3H3;2-5H2,1H3,(H,7,8). The fraction of sp³-hybridized carbons (Fsp3) is 0.917. The Bertz CT molecular complexity index is 136. The maximum atomic E-state index is 9.87. The zero-order chi connectivity index (χ0) is 12.1. The molecule has 3 nitrogen and oxygen atoms in total. The van der Waals surface area contributed by atoms with Gasteiger partial charge in [-0.15, -0.1) is 0 Å². The van der Waals surface area contributed by atoms with Gasteiger partial charge in [0.1, 0.15) is 0 Å². The van der Waals surface area contributed by atoms with E-state index in [0.29, 0.717) is 6.42 Å². The Morgan fingerprint density at radius 2 is 1.60 bits per heavy atom. The lowest BCUT2D eigenvalue weighted by Gasteiger charge is -2.05. The lowest BCUT2D eigenvalue weighted by molar-refractivity contribution is -0.137. The van der Waals surface area contributed by atoms with E-state index in [0.717, 1.165) is 19.3 Å². The summed E-state index contributed by atoms with van der Waals surface area (Å²) in [7, 11) is 4.21. The van der Waals surface area contributed by atoms with Crippen LogP contribution in [0.4, 0.5) is 0 Å². The number of hydrogen-bond donors (Lipinski definition) is 1. The highest BCUT2D eigenvalue weighted by atomic mass is 16.4. The lowest BCUT2D eigenvalue weighted by Crippen LogP contribution is -2.12. The largest absolute Gasteiger partial charge is 0.481 e. The van der Waals surface area contributed by atoms with Crippen LogP contribution < -0.4 is 0 Å². The van der Waals surface area contributed by atoms with Crippen molar-refractivity contribution in [2.45, 2.75) is 52.4 Å². The maximum Gasteiger partial charge on any atom is 0.303 e. The first-order valence-corrected chi connectivity index (χ1v) is 5.91. The van der Waals surface area contributed by atoms with Gasteiger partial charge in [-0.3, -0.25) is 4.79 Å². The van der Waals surface area contributed by atoms with Crippen molar-refractivity contribution >= 4 is 5.97 Å². The summed E-state index contributed by atoms with van der Waals surface area (Å²) in [5.41, 5.74) is 0. The van der Waals surface area contributed by atoms with Gasteiger partial charge in [-0.2, -0.15) is 0 Å². The van der Waals surface area contributed by atoms with E-state index >= 15 is 0 Å². The Kier molecular flexibility index (Phi) is 15.1. The Morgan fingerprint density at radius 3 is 1.87 bits per heavy atom. The second kappa shape index (κ2) is 13.4. The predicted molar refractivity (Wildman–Crippen MR) is 65.2 cm³/mol. The smallest absolute Gasteiger partial charge is 0.303 e. The number of carbonyl (C=O) groups is 1. The molecule has 0 rings (SSSR count). The Morgan fingerprint density at radius 1 is 1.07 bits per heavy atom. The van der Waals surface area contributed by atoms with E-state index in [2.05, 4.69) is 32.8 Å². The molecule has 0 saturated heterocycles. The average molecular weight is 217 g/mol. The van der Waals surface area contributed by atoms with Crippen LogP contribution in [-0.4, -0.2) is 36.6 Å². The molecule has 0 aromatic carbocycles. The Hall–Kier alpha value is -0.570. The molecule has 0 aliphatic heterocycles. The molecule has 1 N–H and O–H groups in total. The number of carboxylic acid groups (broad SMARTS) is 1. The van der Waals surface area contributed by atoms with E-state index in [1.807, 2.05) is 0 Å². The third-order valence-electron chi connectivity index (χ3n) is 1.95. The zero-order valence-corrected chi connectivity index (χ0v) is 10.8. The van der Waals surface area contributed by atoms with E-state index < -0.39 is 5.97 Å². The van der Waals surface area contributed by atoms with Crippen LogP contribution in [0.25, 0.3) is 0 Å². The lowest BCUT2D eigenvalue weighted by atomic mass is 10.2. The average Bonchev–Trinajstić information content (AvgIpc) is 2.15. The molecular formula is C12H27NO2. The number of aliphatic carboxylic acids is 1. The molecule has 92 valence electrons. The van der Waals surface area contributed by atoms with Crippen LogP contribution in [-0.2, 0) is 4.79 Å². The molecular weight excluding hydrogens is 190 g/mol. The van der Waals surface area contributed by atoms with E-state index in [1.54, 1.807) is 0 Å². The van der Waals surface area contributed by atoms with Crippen LogP contribution in [0.2, 0.25) is 0 Å². The van der Waals surface area contributed by atoms with Gasteiger partial charge in [0, 0.05) is 6.42 Å². The highest BCUT2D eigenvalue weighted by molar-refractivity contribution is 5.66. The van der Waals surface area contributed by atoms with Crippen LogP contribution in [0.5, 0.6) is 0 Å². The molecule has 0 bridgehead atoms. The molecule has 0 amide bonds. The minimum Gasteiger partial charge on any atom is -0.481 e. The summed E-state index contributed by atoms with van der Waals surface area (Å²) in [5, 5.41) is 8.14. The summed E-state index contributed by atoms with van der Waals surface area (Å²) in [6.07, 6.45) is 5.91. The summed E-state index contributed by atoms with van der Waals surface area (Å²) in [4.78, 5) is 12.1. The van der Waals surface area contributed by atoms with Gasteiger partial charge in [0.2, 0.25) is 0 Å². The monoisotopic (exact) mass is 217 g/mol. The van der Waals surface area contributed by atoms with Gasteiger partial charge < -0.3 is 10.0 Å². The fourth-order valence-electron chi connectivity index (χ4n) is 1.00. The van der Waals surface area contributed by atoms with Gasteiger partial charge in [-0.25, -0.2) is 0 Å². The topological polar surface area (TPSA) is 40.5 Å². The number of hydrogen-bond acceptors (Lipinski definition) is 2. The van der Waals surface area contributed by atoms with Crippen molar-refractivity contribution in [1.29, 1.82) is 0 Å². The maximum absolute atomic E-state index is 9.87. The Labute approximate surface area is 94.5 Å². The molecule has 0 aromatic rings. The second-order valence-electron chi connectivity index (χ2n) is 4.01.